The molecular formula is C9H7BrF3N. The number of aromatic nitrogens is 1. The van der Waals surface area contributed by atoms with Gasteiger partial charge in [-0.1, -0.05) is 6.07 Å². The normalized spacial score (nSPS) is 19.4. The molecule has 0 spiro atoms. The van der Waals surface area contributed by atoms with Crippen molar-refractivity contribution in [3.05, 3.63) is 28.5 Å². The van der Waals surface area contributed by atoms with Crippen LogP contribution in [0.15, 0.2) is 22.8 Å². The number of nitrogens with zero attached hydrogens (tertiary/aromatic N) is 1. The van der Waals surface area contributed by atoms with Crippen molar-refractivity contribution >= 4 is 15.9 Å². The zero-order chi connectivity index (χ0) is 10.4. The predicted octanol–water partition coefficient (Wildman–Crippen LogP) is 3.44. The molecular weight excluding hydrogens is 259 g/mol. The second-order valence-corrected chi connectivity index (χ2v) is 4.24. The Morgan fingerprint density at radius 3 is 2.36 bits per heavy atom. The maximum Gasteiger partial charge on any atom is 0.399 e. The first-order valence-electron chi connectivity index (χ1n) is 4.15. The summed E-state index contributed by atoms with van der Waals surface area (Å²) in [7, 11) is 0. The van der Waals surface area contributed by atoms with Gasteiger partial charge >= 0.3 is 6.18 Å². The van der Waals surface area contributed by atoms with Crippen LogP contribution in [0.5, 0.6) is 0 Å². The summed E-state index contributed by atoms with van der Waals surface area (Å²) in [5, 5.41) is 0. The van der Waals surface area contributed by atoms with Crippen molar-refractivity contribution in [1.82, 2.24) is 4.98 Å². The van der Waals surface area contributed by atoms with Crippen molar-refractivity contribution in [2.75, 3.05) is 0 Å². The van der Waals surface area contributed by atoms with Gasteiger partial charge in [-0.05, 0) is 40.9 Å². The summed E-state index contributed by atoms with van der Waals surface area (Å²) in [5.41, 5.74) is -1.55. The molecule has 1 aliphatic carbocycles. The molecule has 0 bridgehead atoms. The number of rotatable bonds is 1. The molecule has 0 N–H and O–H groups in total. The Morgan fingerprint density at radius 2 is 1.93 bits per heavy atom. The van der Waals surface area contributed by atoms with Crippen molar-refractivity contribution in [2.45, 2.75) is 24.4 Å². The molecule has 5 heteroatoms. The Hall–Kier alpha value is -0.580. The maximum atomic E-state index is 12.7. The third-order valence-corrected chi connectivity index (χ3v) is 2.94. The van der Waals surface area contributed by atoms with E-state index < -0.39 is 11.6 Å². The lowest BCUT2D eigenvalue weighted by Crippen LogP contribution is -2.29. The van der Waals surface area contributed by atoms with Gasteiger partial charge in [-0.25, -0.2) is 4.98 Å². The SMILES string of the molecule is FC(F)(F)C1(c2cccc(Br)n2)CC1. The molecule has 0 amide bonds. The van der Waals surface area contributed by atoms with E-state index in [4.69, 9.17) is 0 Å². The number of alkyl halides is 3. The van der Waals surface area contributed by atoms with Gasteiger partial charge in [-0.3, -0.25) is 0 Å². The van der Waals surface area contributed by atoms with E-state index in [1.807, 2.05) is 0 Å². The average Bonchev–Trinajstić information content (AvgIpc) is 2.82. The van der Waals surface area contributed by atoms with E-state index in [0.29, 0.717) is 4.60 Å². The van der Waals surface area contributed by atoms with Crippen LogP contribution >= 0.6 is 15.9 Å². The number of halogens is 4. The lowest BCUT2D eigenvalue weighted by atomic mass is 10.0. The number of hydrogen-bond acceptors (Lipinski definition) is 1. The topological polar surface area (TPSA) is 12.9 Å². The van der Waals surface area contributed by atoms with Crippen LogP contribution in [-0.4, -0.2) is 11.2 Å². The van der Waals surface area contributed by atoms with Gasteiger partial charge in [-0.2, -0.15) is 13.2 Å². The van der Waals surface area contributed by atoms with E-state index >= 15 is 0 Å². The van der Waals surface area contributed by atoms with E-state index in [0.717, 1.165) is 0 Å². The highest BCUT2D eigenvalue weighted by atomic mass is 79.9. The molecule has 1 heterocycles. The molecule has 0 aromatic carbocycles. The maximum absolute atomic E-state index is 12.7. The first kappa shape index (κ1) is 9.96. The Labute approximate surface area is 87.5 Å². The fraction of sp³-hybridized carbons (Fsp3) is 0.444. The molecule has 1 fully saturated rings. The standard InChI is InChI=1S/C9H7BrF3N/c10-7-3-1-2-6(14-7)8(4-5-8)9(11,12)13/h1-3H,4-5H2. The molecule has 0 saturated heterocycles. The molecule has 0 aliphatic heterocycles. The van der Waals surface area contributed by atoms with Gasteiger partial charge in [0, 0.05) is 0 Å². The van der Waals surface area contributed by atoms with Crippen LogP contribution in [0.2, 0.25) is 0 Å². The van der Waals surface area contributed by atoms with Gasteiger partial charge in [0.1, 0.15) is 10.0 Å². The monoisotopic (exact) mass is 265 g/mol. The van der Waals surface area contributed by atoms with Crippen molar-refractivity contribution in [3.8, 4) is 0 Å². The quantitative estimate of drug-likeness (QED) is 0.709. The Balaban J connectivity index is 2.41. The van der Waals surface area contributed by atoms with Crippen LogP contribution in [0, 0.1) is 0 Å². The van der Waals surface area contributed by atoms with Gasteiger partial charge in [0.05, 0.1) is 5.69 Å². The number of hydrogen-bond donors (Lipinski definition) is 0. The smallest absolute Gasteiger partial charge is 0.245 e. The summed E-state index contributed by atoms with van der Waals surface area (Å²) in [6.07, 6.45) is -3.87. The third-order valence-electron chi connectivity index (χ3n) is 2.50. The van der Waals surface area contributed by atoms with E-state index in [1.54, 1.807) is 12.1 Å². The highest BCUT2D eigenvalue weighted by Crippen LogP contribution is 2.58. The minimum absolute atomic E-state index is 0.124. The summed E-state index contributed by atoms with van der Waals surface area (Å²) >= 11 is 3.07. The highest BCUT2D eigenvalue weighted by molar-refractivity contribution is 9.10. The van der Waals surface area contributed by atoms with Crippen molar-refractivity contribution in [2.24, 2.45) is 0 Å². The molecule has 14 heavy (non-hydrogen) atoms. The van der Waals surface area contributed by atoms with Crippen LogP contribution < -0.4 is 0 Å². The Bertz CT molecular complexity index is 357. The zero-order valence-electron chi connectivity index (χ0n) is 7.11. The van der Waals surface area contributed by atoms with Crippen LogP contribution in [0.3, 0.4) is 0 Å². The zero-order valence-corrected chi connectivity index (χ0v) is 8.69. The second-order valence-electron chi connectivity index (χ2n) is 3.43. The summed E-state index contributed by atoms with van der Waals surface area (Å²) in [6, 6.07) is 4.64. The minimum atomic E-state index is -4.18. The molecule has 2 rings (SSSR count). The Kier molecular flexibility index (Phi) is 2.10. The summed E-state index contributed by atoms with van der Waals surface area (Å²) < 4.78 is 38.4. The van der Waals surface area contributed by atoms with E-state index in [1.165, 1.54) is 6.07 Å². The van der Waals surface area contributed by atoms with E-state index in [2.05, 4.69) is 20.9 Å². The lowest BCUT2D eigenvalue weighted by Gasteiger charge is -2.18. The van der Waals surface area contributed by atoms with Crippen LogP contribution in [0.25, 0.3) is 0 Å². The fourth-order valence-corrected chi connectivity index (χ4v) is 1.83. The van der Waals surface area contributed by atoms with Crippen LogP contribution in [-0.2, 0) is 5.41 Å². The average molecular weight is 266 g/mol. The molecule has 1 aromatic heterocycles. The molecule has 1 nitrogen and oxygen atoms in total. The van der Waals surface area contributed by atoms with Crippen molar-refractivity contribution in [3.63, 3.8) is 0 Å². The first-order valence-corrected chi connectivity index (χ1v) is 4.95. The molecule has 1 saturated carbocycles. The Morgan fingerprint density at radius 1 is 1.29 bits per heavy atom. The largest absolute Gasteiger partial charge is 0.399 e. The molecule has 0 atom stereocenters. The van der Waals surface area contributed by atoms with Gasteiger partial charge in [0.25, 0.3) is 0 Å². The lowest BCUT2D eigenvalue weighted by molar-refractivity contribution is -0.161. The molecule has 76 valence electrons. The fourth-order valence-electron chi connectivity index (χ4n) is 1.48. The van der Waals surface area contributed by atoms with Gasteiger partial charge in [0.2, 0.25) is 0 Å². The highest BCUT2D eigenvalue weighted by Gasteiger charge is 2.65. The predicted molar refractivity (Wildman–Crippen MR) is 48.9 cm³/mol. The van der Waals surface area contributed by atoms with Crippen LogP contribution in [0.4, 0.5) is 13.2 Å². The number of pyridine rings is 1. The van der Waals surface area contributed by atoms with Crippen molar-refractivity contribution < 1.29 is 13.2 Å². The molecule has 1 aromatic rings. The summed E-state index contributed by atoms with van der Waals surface area (Å²) in [5.74, 6) is 0. The third kappa shape index (κ3) is 1.43. The van der Waals surface area contributed by atoms with E-state index in [9.17, 15) is 13.2 Å². The summed E-state index contributed by atoms with van der Waals surface area (Å²) in [6.45, 7) is 0. The van der Waals surface area contributed by atoms with Crippen molar-refractivity contribution in [1.29, 1.82) is 0 Å². The van der Waals surface area contributed by atoms with Gasteiger partial charge < -0.3 is 0 Å². The van der Waals surface area contributed by atoms with E-state index in [-0.39, 0.29) is 18.5 Å². The molecule has 1 aliphatic rings. The molecule has 0 unspecified atom stereocenters. The molecule has 0 radical (unpaired) electrons. The second kappa shape index (κ2) is 2.95. The van der Waals surface area contributed by atoms with Gasteiger partial charge in [-0.15, -0.1) is 0 Å². The van der Waals surface area contributed by atoms with Crippen LogP contribution in [0.1, 0.15) is 18.5 Å². The summed E-state index contributed by atoms with van der Waals surface area (Å²) in [4.78, 5) is 3.87. The minimum Gasteiger partial charge on any atom is -0.245 e. The van der Waals surface area contributed by atoms with Gasteiger partial charge in [0.15, 0.2) is 0 Å². The first-order chi connectivity index (χ1) is 6.46.